The topological polar surface area (TPSA) is 30.2 Å². The van der Waals surface area contributed by atoms with Crippen LogP contribution in [0.3, 0.4) is 0 Å². The molecule has 0 aromatic carbocycles. The summed E-state index contributed by atoms with van der Waals surface area (Å²) in [5, 5.41) is 4.63. The largest absolute Gasteiger partial charge is 0.239 e. The molecule has 2 aromatic rings. The molecular formula is C12H15ClFN3. The average Bonchev–Trinajstić information content (AvgIpc) is 2.53. The fraction of sp³-hybridized carbons (Fsp3) is 0.500. The zero-order chi connectivity index (χ0) is 12.7. The van der Waals surface area contributed by atoms with E-state index in [-0.39, 0.29) is 11.7 Å². The third-order valence-corrected chi connectivity index (χ3v) is 2.98. The molecule has 17 heavy (non-hydrogen) atoms. The average molecular weight is 256 g/mol. The number of rotatable bonds is 2. The van der Waals surface area contributed by atoms with Crippen LogP contribution < -0.4 is 0 Å². The molecule has 0 aliphatic heterocycles. The third-order valence-electron chi connectivity index (χ3n) is 2.71. The molecule has 2 heterocycles. The molecule has 1 unspecified atom stereocenters. The van der Waals surface area contributed by atoms with E-state index in [1.165, 1.54) is 6.92 Å². The Labute approximate surface area is 105 Å². The van der Waals surface area contributed by atoms with Crippen molar-refractivity contribution in [1.82, 2.24) is 14.6 Å². The summed E-state index contributed by atoms with van der Waals surface area (Å²) in [5.74, 6) is 0.376. The van der Waals surface area contributed by atoms with E-state index in [9.17, 15) is 4.39 Å². The first-order valence-electron chi connectivity index (χ1n) is 5.61. The fourth-order valence-corrected chi connectivity index (χ4v) is 2.15. The van der Waals surface area contributed by atoms with Crippen molar-refractivity contribution in [3.05, 3.63) is 28.3 Å². The number of hydrogen-bond acceptors (Lipinski definition) is 2. The van der Waals surface area contributed by atoms with E-state index >= 15 is 0 Å². The van der Waals surface area contributed by atoms with Crippen molar-refractivity contribution in [3.8, 4) is 0 Å². The minimum absolute atomic E-state index is 0.179. The van der Waals surface area contributed by atoms with E-state index in [0.717, 1.165) is 16.8 Å². The molecule has 0 bridgehead atoms. The molecule has 0 saturated carbocycles. The third kappa shape index (κ3) is 2.02. The summed E-state index contributed by atoms with van der Waals surface area (Å²) in [4.78, 5) is 4.31. The van der Waals surface area contributed by atoms with E-state index in [0.29, 0.717) is 5.15 Å². The predicted molar refractivity (Wildman–Crippen MR) is 66.3 cm³/mol. The lowest BCUT2D eigenvalue weighted by Crippen LogP contribution is -2.08. The predicted octanol–water partition coefficient (Wildman–Crippen LogP) is 3.85. The summed E-state index contributed by atoms with van der Waals surface area (Å²) >= 11 is 6.08. The molecule has 0 aliphatic carbocycles. The molecule has 1 atom stereocenters. The Hall–Kier alpha value is -1.16. The smallest absolute Gasteiger partial charge is 0.183 e. The van der Waals surface area contributed by atoms with Gasteiger partial charge in [-0.05, 0) is 31.4 Å². The minimum Gasteiger partial charge on any atom is -0.239 e. The number of aromatic nitrogens is 3. The van der Waals surface area contributed by atoms with Crippen LogP contribution in [0.5, 0.6) is 0 Å². The Balaban J connectivity index is 2.83. The van der Waals surface area contributed by atoms with Crippen LogP contribution in [0.15, 0.2) is 6.07 Å². The summed E-state index contributed by atoms with van der Waals surface area (Å²) in [7, 11) is 0. The Morgan fingerprint density at radius 2 is 2.00 bits per heavy atom. The Morgan fingerprint density at radius 1 is 1.35 bits per heavy atom. The van der Waals surface area contributed by atoms with Gasteiger partial charge in [-0.2, -0.15) is 0 Å². The number of nitrogens with zero attached hydrogens (tertiary/aromatic N) is 3. The second-order valence-corrected chi connectivity index (χ2v) is 4.92. The van der Waals surface area contributed by atoms with Gasteiger partial charge in [0.25, 0.3) is 0 Å². The lowest BCUT2D eigenvalue weighted by atomic mass is 10.1. The van der Waals surface area contributed by atoms with Crippen molar-refractivity contribution in [3.63, 3.8) is 0 Å². The van der Waals surface area contributed by atoms with Crippen molar-refractivity contribution in [2.24, 2.45) is 0 Å². The van der Waals surface area contributed by atoms with Crippen LogP contribution in [0.4, 0.5) is 4.39 Å². The van der Waals surface area contributed by atoms with Gasteiger partial charge in [0.05, 0.1) is 11.2 Å². The summed E-state index contributed by atoms with van der Waals surface area (Å²) in [6, 6.07) is 1.82. The van der Waals surface area contributed by atoms with Gasteiger partial charge in [0.1, 0.15) is 5.15 Å². The first kappa shape index (κ1) is 12.3. The van der Waals surface area contributed by atoms with Crippen LogP contribution >= 0.6 is 11.6 Å². The molecule has 5 heteroatoms. The minimum atomic E-state index is -1.20. The van der Waals surface area contributed by atoms with E-state index < -0.39 is 6.17 Å². The maximum atomic E-state index is 13.4. The summed E-state index contributed by atoms with van der Waals surface area (Å²) in [6.07, 6.45) is -1.20. The highest BCUT2D eigenvalue weighted by Gasteiger charge is 2.18. The van der Waals surface area contributed by atoms with Crippen LogP contribution in [-0.2, 0) is 0 Å². The normalized spacial score (nSPS) is 13.6. The molecule has 3 nitrogen and oxygen atoms in total. The van der Waals surface area contributed by atoms with Gasteiger partial charge in [0.2, 0.25) is 0 Å². The Bertz CT molecular complexity index is 560. The van der Waals surface area contributed by atoms with Crippen LogP contribution in [0.2, 0.25) is 5.15 Å². The van der Waals surface area contributed by atoms with Gasteiger partial charge in [0, 0.05) is 0 Å². The van der Waals surface area contributed by atoms with Crippen molar-refractivity contribution in [2.45, 2.75) is 39.8 Å². The fourth-order valence-electron chi connectivity index (χ4n) is 1.86. The maximum Gasteiger partial charge on any atom is 0.183 e. The highest BCUT2D eigenvalue weighted by atomic mass is 35.5. The molecule has 0 N–H and O–H groups in total. The summed E-state index contributed by atoms with van der Waals surface area (Å²) in [6.45, 7) is 7.43. The van der Waals surface area contributed by atoms with Crippen molar-refractivity contribution >= 4 is 17.1 Å². The molecule has 0 spiro atoms. The molecule has 0 saturated heterocycles. The lowest BCUT2D eigenvalue weighted by Gasteiger charge is -2.11. The quantitative estimate of drug-likeness (QED) is 0.816. The second-order valence-electron chi connectivity index (χ2n) is 4.54. The van der Waals surface area contributed by atoms with Gasteiger partial charge in [-0.1, -0.05) is 25.4 Å². The standard InChI is InChI=1S/C12H15ClFN3/c1-6(2)10-11-7(3)5-9(13)17(11)16-12(15-10)8(4)14/h5-6,8H,1-4H3. The monoisotopic (exact) mass is 255 g/mol. The van der Waals surface area contributed by atoms with Crippen molar-refractivity contribution in [1.29, 1.82) is 0 Å². The zero-order valence-corrected chi connectivity index (χ0v) is 11.1. The SMILES string of the molecule is Cc1cc(Cl)n2nc(C(C)F)nc(C(C)C)c12. The van der Waals surface area contributed by atoms with E-state index in [2.05, 4.69) is 10.1 Å². The molecule has 2 aromatic heterocycles. The van der Waals surface area contributed by atoms with E-state index in [1.807, 2.05) is 26.8 Å². The molecular weight excluding hydrogens is 241 g/mol. The molecule has 0 fully saturated rings. The van der Waals surface area contributed by atoms with Crippen LogP contribution in [0, 0.1) is 6.92 Å². The van der Waals surface area contributed by atoms with Crippen LogP contribution in [0.25, 0.3) is 5.52 Å². The van der Waals surface area contributed by atoms with Gasteiger partial charge in [-0.25, -0.2) is 13.9 Å². The maximum absolute atomic E-state index is 13.4. The summed E-state index contributed by atoms with van der Waals surface area (Å²) < 4.78 is 14.9. The van der Waals surface area contributed by atoms with Crippen molar-refractivity contribution in [2.75, 3.05) is 0 Å². The Kier molecular flexibility index (Phi) is 3.08. The molecule has 0 amide bonds. The summed E-state index contributed by atoms with van der Waals surface area (Å²) in [5.41, 5.74) is 2.73. The van der Waals surface area contributed by atoms with Gasteiger partial charge in [-0.3, -0.25) is 0 Å². The first-order valence-corrected chi connectivity index (χ1v) is 5.99. The highest BCUT2D eigenvalue weighted by Crippen LogP contribution is 2.27. The lowest BCUT2D eigenvalue weighted by molar-refractivity contribution is 0.350. The van der Waals surface area contributed by atoms with Gasteiger partial charge < -0.3 is 0 Å². The van der Waals surface area contributed by atoms with Crippen molar-refractivity contribution < 1.29 is 4.39 Å². The number of alkyl halides is 1. The number of halogens is 2. The zero-order valence-electron chi connectivity index (χ0n) is 10.3. The van der Waals surface area contributed by atoms with Gasteiger partial charge in [0.15, 0.2) is 12.0 Å². The molecule has 0 radical (unpaired) electrons. The molecule has 0 aliphatic rings. The number of aryl methyl sites for hydroxylation is 1. The molecule has 92 valence electrons. The second kappa shape index (κ2) is 4.26. The number of hydrogen-bond donors (Lipinski definition) is 0. The van der Waals surface area contributed by atoms with Gasteiger partial charge >= 0.3 is 0 Å². The van der Waals surface area contributed by atoms with Crippen LogP contribution in [0.1, 0.15) is 49.9 Å². The van der Waals surface area contributed by atoms with E-state index in [4.69, 9.17) is 11.6 Å². The molecule has 2 rings (SSSR count). The Morgan fingerprint density at radius 3 is 2.53 bits per heavy atom. The number of fused-ring (bicyclic) bond motifs is 1. The first-order chi connectivity index (χ1) is 7.91. The van der Waals surface area contributed by atoms with Crippen LogP contribution in [-0.4, -0.2) is 14.6 Å². The highest BCUT2D eigenvalue weighted by molar-refractivity contribution is 6.30. The van der Waals surface area contributed by atoms with Gasteiger partial charge in [-0.15, -0.1) is 5.10 Å². The van der Waals surface area contributed by atoms with E-state index in [1.54, 1.807) is 4.52 Å².